The van der Waals surface area contributed by atoms with Crippen LogP contribution in [0.3, 0.4) is 0 Å². The van der Waals surface area contributed by atoms with E-state index in [4.69, 9.17) is 4.74 Å². The van der Waals surface area contributed by atoms with Gasteiger partial charge < -0.3 is 19.6 Å². The van der Waals surface area contributed by atoms with Crippen LogP contribution in [0.5, 0.6) is 5.75 Å². The Morgan fingerprint density at radius 3 is 2.41 bits per heavy atom. The number of ether oxygens (including phenoxy) is 1. The van der Waals surface area contributed by atoms with Crippen LogP contribution in [0.25, 0.3) is 5.76 Å². The first kappa shape index (κ1) is 24.0. The van der Waals surface area contributed by atoms with E-state index in [2.05, 4.69) is 18.7 Å². The zero-order chi connectivity index (χ0) is 23.4. The van der Waals surface area contributed by atoms with Gasteiger partial charge in [-0.3, -0.25) is 9.59 Å². The summed E-state index contributed by atoms with van der Waals surface area (Å²) < 4.78 is 5.59. The van der Waals surface area contributed by atoms with Gasteiger partial charge in [0.1, 0.15) is 11.5 Å². The molecule has 172 valence electrons. The molecule has 1 aliphatic heterocycles. The highest BCUT2D eigenvalue weighted by molar-refractivity contribution is 7.10. The lowest BCUT2D eigenvalue weighted by atomic mass is 9.97. The first-order valence-corrected chi connectivity index (χ1v) is 12.0. The highest BCUT2D eigenvalue weighted by Crippen LogP contribution is 2.42. The Morgan fingerprint density at radius 2 is 1.84 bits per heavy atom. The standard InChI is InChI=1S/C25H32N2O4S/c1-6-26(7-2)12-13-27-21(24-16(4)11-14-32-24)20(23(29)25(27)30)22(28)18-9-10-19(31-8-3)17(5)15-18/h9-11,14-15,21,28H,6-8,12-13H2,1-5H3/b22-20-. The number of thiophene rings is 1. The molecule has 1 aromatic carbocycles. The topological polar surface area (TPSA) is 70.1 Å². The van der Waals surface area contributed by atoms with Gasteiger partial charge in [-0.2, -0.15) is 0 Å². The highest BCUT2D eigenvalue weighted by Gasteiger charge is 2.46. The van der Waals surface area contributed by atoms with Gasteiger partial charge in [0.15, 0.2) is 0 Å². The number of carbonyl (C=O) groups is 2. The van der Waals surface area contributed by atoms with Crippen molar-refractivity contribution in [2.75, 3.05) is 32.8 Å². The monoisotopic (exact) mass is 456 g/mol. The second kappa shape index (κ2) is 10.3. The number of hydrogen-bond acceptors (Lipinski definition) is 6. The van der Waals surface area contributed by atoms with Crippen LogP contribution in [-0.4, -0.2) is 59.4 Å². The summed E-state index contributed by atoms with van der Waals surface area (Å²) in [5.74, 6) is -0.599. The molecule has 2 aromatic rings. The molecule has 0 aliphatic carbocycles. The number of carbonyl (C=O) groups excluding carboxylic acids is 2. The Morgan fingerprint density at radius 1 is 1.12 bits per heavy atom. The molecule has 32 heavy (non-hydrogen) atoms. The zero-order valence-corrected chi connectivity index (χ0v) is 20.3. The van der Waals surface area contributed by atoms with E-state index in [0.717, 1.165) is 34.8 Å². The van der Waals surface area contributed by atoms with Crippen LogP contribution in [0.1, 0.15) is 48.4 Å². The summed E-state index contributed by atoms with van der Waals surface area (Å²) >= 11 is 1.50. The predicted octanol–water partition coefficient (Wildman–Crippen LogP) is 4.53. The molecule has 7 heteroatoms. The molecule has 1 aromatic heterocycles. The summed E-state index contributed by atoms with van der Waals surface area (Å²) in [6, 6.07) is 6.70. The summed E-state index contributed by atoms with van der Waals surface area (Å²) in [4.78, 5) is 30.9. The fraction of sp³-hybridized carbons (Fsp3) is 0.440. The molecule has 3 rings (SSSR count). The minimum Gasteiger partial charge on any atom is -0.507 e. The molecule has 0 bridgehead atoms. The summed E-state index contributed by atoms with van der Waals surface area (Å²) in [5, 5.41) is 13.2. The van der Waals surface area contributed by atoms with Crippen molar-refractivity contribution in [1.29, 1.82) is 0 Å². The molecule has 1 amide bonds. The Kier molecular flexibility index (Phi) is 7.74. The third kappa shape index (κ3) is 4.59. The van der Waals surface area contributed by atoms with Gasteiger partial charge in [-0.1, -0.05) is 13.8 Å². The number of Topliss-reactive ketones (excluding diaryl/α,β-unsaturated/α-hetero) is 1. The molecule has 0 radical (unpaired) electrons. The van der Waals surface area contributed by atoms with Crippen molar-refractivity contribution in [3.8, 4) is 5.75 Å². The molecule has 1 fully saturated rings. The van der Waals surface area contributed by atoms with Crippen molar-refractivity contribution in [3.63, 3.8) is 0 Å². The Labute approximate surface area is 194 Å². The molecule has 2 heterocycles. The van der Waals surface area contributed by atoms with Gasteiger partial charge in [0, 0.05) is 23.5 Å². The molecule has 1 N–H and O–H groups in total. The van der Waals surface area contributed by atoms with Crippen LogP contribution >= 0.6 is 11.3 Å². The molecule has 1 unspecified atom stereocenters. The smallest absolute Gasteiger partial charge is 0.295 e. The van der Waals surface area contributed by atoms with Gasteiger partial charge >= 0.3 is 0 Å². The fourth-order valence-electron chi connectivity index (χ4n) is 4.11. The van der Waals surface area contributed by atoms with Crippen LogP contribution in [0.2, 0.25) is 0 Å². The molecule has 0 spiro atoms. The second-order valence-corrected chi connectivity index (χ2v) is 8.85. The zero-order valence-electron chi connectivity index (χ0n) is 19.5. The van der Waals surface area contributed by atoms with Gasteiger partial charge in [-0.25, -0.2) is 0 Å². The second-order valence-electron chi connectivity index (χ2n) is 7.90. The van der Waals surface area contributed by atoms with Crippen LogP contribution in [0.15, 0.2) is 35.2 Å². The fourth-order valence-corrected chi connectivity index (χ4v) is 5.15. The van der Waals surface area contributed by atoms with Crippen molar-refractivity contribution in [2.45, 2.75) is 40.7 Å². The summed E-state index contributed by atoms with van der Waals surface area (Å²) in [6.45, 7) is 13.3. The third-order valence-corrected chi connectivity index (χ3v) is 7.06. The Bertz CT molecular complexity index is 1020. The van der Waals surface area contributed by atoms with Crippen molar-refractivity contribution in [2.24, 2.45) is 0 Å². The van der Waals surface area contributed by atoms with Crippen molar-refractivity contribution < 1.29 is 19.4 Å². The van der Waals surface area contributed by atoms with E-state index in [1.54, 1.807) is 23.1 Å². The van der Waals surface area contributed by atoms with E-state index in [0.29, 0.717) is 25.3 Å². The van der Waals surface area contributed by atoms with Crippen molar-refractivity contribution >= 4 is 28.8 Å². The van der Waals surface area contributed by atoms with Gasteiger partial charge in [-0.15, -0.1) is 11.3 Å². The van der Waals surface area contributed by atoms with Crippen LogP contribution in [0.4, 0.5) is 0 Å². The number of aryl methyl sites for hydroxylation is 2. The maximum atomic E-state index is 13.1. The third-order valence-electron chi connectivity index (χ3n) is 5.99. The Hall–Kier alpha value is -2.64. The molecular formula is C25H32N2O4S. The van der Waals surface area contributed by atoms with Gasteiger partial charge in [-0.05, 0) is 74.6 Å². The van der Waals surface area contributed by atoms with Crippen LogP contribution in [-0.2, 0) is 9.59 Å². The number of ketones is 1. The number of likely N-dealkylation sites (N-methyl/N-ethyl adjacent to an activating group) is 1. The molecular weight excluding hydrogens is 424 g/mol. The maximum Gasteiger partial charge on any atom is 0.295 e. The normalized spacial score (nSPS) is 18.1. The largest absolute Gasteiger partial charge is 0.507 e. The van der Waals surface area contributed by atoms with Crippen LogP contribution in [0, 0.1) is 13.8 Å². The quantitative estimate of drug-likeness (QED) is 0.341. The minimum atomic E-state index is -0.633. The lowest BCUT2D eigenvalue weighted by Gasteiger charge is -2.27. The molecule has 1 saturated heterocycles. The lowest BCUT2D eigenvalue weighted by Crippen LogP contribution is -2.37. The number of rotatable bonds is 9. The van der Waals surface area contributed by atoms with Crippen molar-refractivity contribution in [3.05, 3.63) is 56.8 Å². The first-order chi connectivity index (χ1) is 15.3. The van der Waals surface area contributed by atoms with Gasteiger partial charge in [0.05, 0.1) is 18.2 Å². The number of nitrogens with zero attached hydrogens (tertiary/aromatic N) is 2. The van der Waals surface area contributed by atoms with E-state index >= 15 is 0 Å². The van der Waals surface area contributed by atoms with E-state index in [1.165, 1.54) is 11.3 Å². The SMILES string of the molecule is CCOc1ccc(/C(O)=C2/C(=O)C(=O)N(CCN(CC)CC)C2c2sccc2C)cc1C. The van der Waals surface area contributed by atoms with Gasteiger partial charge in [0.2, 0.25) is 0 Å². The number of likely N-dealkylation sites (tertiary alicyclic amines) is 1. The molecule has 6 nitrogen and oxygen atoms in total. The summed E-state index contributed by atoms with van der Waals surface area (Å²) in [5.41, 5.74) is 2.52. The molecule has 1 atom stereocenters. The van der Waals surface area contributed by atoms with E-state index in [1.807, 2.05) is 32.2 Å². The number of hydrogen-bond donors (Lipinski definition) is 1. The average molecular weight is 457 g/mol. The van der Waals surface area contributed by atoms with Crippen molar-refractivity contribution in [1.82, 2.24) is 9.80 Å². The van der Waals surface area contributed by atoms with Crippen LogP contribution < -0.4 is 4.74 Å². The molecule has 1 aliphatic rings. The average Bonchev–Trinajstić information content (AvgIpc) is 3.31. The first-order valence-electron chi connectivity index (χ1n) is 11.1. The van der Waals surface area contributed by atoms with Gasteiger partial charge in [0.25, 0.3) is 11.7 Å². The number of amides is 1. The number of aliphatic hydroxyl groups excluding tert-OH is 1. The lowest BCUT2D eigenvalue weighted by molar-refractivity contribution is -0.140. The maximum absolute atomic E-state index is 13.1. The molecule has 0 saturated carbocycles. The number of aliphatic hydroxyl groups is 1. The highest BCUT2D eigenvalue weighted by atomic mass is 32.1. The van der Waals surface area contributed by atoms with E-state index in [-0.39, 0.29) is 11.3 Å². The summed E-state index contributed by atoms with van der Waals surface area (Å²) in [6.07, 6.45) is 0. The predicted molar refractivity (Wildman–Crippen MR) is 128 cm³/mol. The minimum absolute atomic E-state index is 0.141. The summed E-state index contributed by atoms with van der Waals surface area (Å²) in [7, 11) is 0. The number of benzene rings is 1. The Balaban J connectivity index is 2.08. The van der Waals surface area contributed by atoms with E-state index < -0.39 is 17.7 Å². The van der Waals surface area contributed by atoms with E-state index in [9.17, 15) is 14.7 Å².